The molecule has 2 aromatic heterocycles. The molecule has 2 aromatic carbocycles. The van der Waals surface area contributed by atoms with E-state index in [1.54, 1.807) is 4.57 Å². The number of hydrogen-bond acceptors (Lipinski definition) is 6. The fraction of sp³-hybridized carbons (Fsp3) is 0.143. The van der Waals surface area contributed by atoms with Crippen LogP contribution in [0.2, 0.25) is 0 Å². The molecule has 0 aliphatic carbocycles. The van der Waals surface area contributed by atoms with Crippen molar-refractivity contribution < 1.29 is 22.7 Å². The largest absolute Gasteiger partial charge is 0.458 e. The molecule has 31 heavy (non-hydrogen) atoms. The summed E-state index contributed by atoms with van der Waals surface area (Å²) in [6.07, 6.45) is -1.44. The van der Waals surface area contributed by atoms with Gasteiger partial charge in [0.25, 0.3) is 0 Å². The van der Waals surface area contributed by atoms with Crippen molar-refractivity contribution in [1.82, 2.24) is 19.5 Å². The molecule has 0 saturated carbocycles. The van der Waals surface area contributed by atoms with Crippen LogP contribution >= 0.6 is 0 Å². The topological polar surface area (TPSA) is 81.9 Å². The average Bonchev–Trinajstić information content (AvgIpc) is 3.10. The minimum atomic E-state index is -4.40. The smallest absolute Gasteiger partial charge is 0.416 e. The molecule has 7 nitrogen and oxygen atoms in total. The number of fused-ring (bicyclic) bond motifs is 1. The summed E-state index contributed by atoms with van der Waals surface area (Å²) in [6.45, 7) is 1.25. The summed E-state index contributed by atoms with van der Waals surface area (Å²) in [4.78, 5) is 24.4. The lowest BCUT2D eigenvalue weighted by atomic mass is 10.2. The highest BCUT2D eigenvalue weighted by atomic mass is 19.4. The molecular formula is C21H16F3N5O2. The third-order valence-corrected chi connectivity index (χ3v) is 4.37. The van der Waals surface area contributed by atoms with Gasteiger partial charge >= 0.3 is 12.1 Å². The van der Waals surface area contributed by atoms with Crippen molar-refractivity contribution in [3.05, 3.63) is 72.3 Å². The molecule has 0 saturated heterocycles. The van der Waals surface area contributed by atoms with E-state index in [0.717, 1.165) is 17.6 Å². The predicted octanol–water partition coefficient (Wildman–Crippen LogP) is 4.64. The third-order valence-electron chi connectivity index (χ3n) is 4.37. The van der Waals surface area contributed by atoms with Gasteiger partial charge in [-0.25, -0.2) is 9.97 Å². The Morgan fingerprint density at radius 1 is 1.06 bits per heavy atom. The lowest BCUT2D eigenvalue weighted by Crippen LogP contribution is -2.09. The lowest BCUT2D eigenvalue weighted by molar-refractivity contribution is -0.142. The normalized spacial score (nSPS) is 11.5. The molecule has 0 fully saturated rings. The molecule has 10 heteroatoms. The predicted molar refractivity (Wildman–Crippen MR) is 107 cm³/mol. The number of ether oxygens (including phenoxy) is 1. The Morgan fingerprint density at radius 3 is 2.52 bits per heavy atom. The number of nitrogens with one attached hydrogen (secondary N) is 1. The van der Waals surface area contributed by atoms with Crippen LogP contribution in [0.1, 0.15) is 18.3 Å². The number of aromatic nitrogens is 4. The van der Waals surface area contributed by atoms with Gasteiger partial charge in [0.2, 0.25) is 0 Å². The van der Waals surface area contributed by atoms with Gasteiger partial charge < -0.3 is 10.1 Å². The molecule has 0 atom stereocenters. The van der Waals surface area contributed by atoms with Crippen LogP contribution in [-0.4, -0.2) is 25.5 Å². The Hall–Kier alpha value is -3.95. The molecule has 0 unspecified atom stereocenters. The summed E-state index contributed by atoms with van der Waals surface area (Å²) in [5.74, 6) is 0.751. The zero-order chi connectivity index (χ0) is 22.0. The molecule has 0 spiro atoms. The average molecular weight is 427 g/mol. The second kappa shape index (κ2) is 8.05. The molecule has 4 rings (SSSR count). The highest BCUT2D eigenvalue weighted by Gasteiger charge is 2.29. The number of hydrogen-bond donors (Lipinski definition) is 1. The molecule has 0 aliphatic rings. The fourth-order valence-electron chi connectivity index (χ4n) is 3.01. The summed E-state index contributed by atoms with van der Waals surface area (Å²) >= 11 is 0. The maximum absolute atomic E-state index is 12.8. The van der Waals surface area contributed by atoms with E-state index >= 15 is 0 Å². The molecule has 0 radical (unpaired) electrons. The molecule has 1 N–H and O–H groups in total. The van der Waals surface area contributed by atoms with Gasteiger partial charge in [-0.3, -0.25) is 14.3 Å². The number of esters is 1. The zero-order valence-electron chi connectivity index (χ0n) is 16.2. The molecule has 4 aromatic rings. The number of anilines is 2. The second-order valence-corrected chi connectivity index (χ2v) is 6.60. The quantitative estimate of drug-likeness (QED) is 0.467. The first-order valence-corrected chi connectivity index (χ1v) is 9.18. The van der Waals surface area contributed by atoms with E-state index < -0.39 is 17.7 Å². The number of nitrogens with zero attached hydrogens (tertiary/aromatic N) is 4. The van der Waals surface area contributed by atoms with E-state index in [1.807, 2.05) is 24.3 Å². The second-order valence-electron chi connectivity index (χ2n) is 6.60. The first-order valence-electron chi connectivity index (χ1n) is 9.18. The van der Waals surface area contributed by atoms with E-state index in [0.29, 0.717) is 28.7 Å². The Morgan fingerprint density at radius 2 is 1.81 bits per heavy atom. The minimum Gasteiger partial charge on any atom is -0.458 e. The number of rotatable bonds is 5. The highest BCUT2D eigenvalue weighted by Crippen LogP contribution is 2.30. The number of para-hydroxylation sites is 2. The van der Waals surface area contributed by atoms with Crippen LogP contribution in [0, 0.1) is 0 Å². The van der Waals surface area contributed by atoms with Gasteiger partial charge in [-0.15, -0.1) is 0 Å². The molecule has 2 heterocycles. The molecule has 0 amide bonds. The van der Waals surface area contributed by atoms with Crippen LogP contribution in [0.4, 0.5) is 24.7 Å². The van der Waals surface area contributed by atoms with Crippen molar-refractivity contribution in [1.29, 1.82) is 0 Å². The summed E-state index contributed by atoms with van der Waals surface area (Å²) in [7, 11) is 0. The van der Waals surface area contributed by atoms with E-state index in [9.17, 15) is 18.0 Å². The number of benzene rings is 2. The highest BCUT2D eigenvalue weighted by molar-refractivity contribution is 5.78. The van der Waals surface area contributed by atoms with Crippen molar-refractivity contribution in [2.75, 3.05) is 5.32 Å². The van der Waals surface area contributed by atoms with Crippen molar-refractivity contribution >= 4 is 28.5 Å². The molecule has 158 valence electrons. The maximum atomic E-state index is 12.8. The van der Waals surface area contributed by atoms with E-state index in [4.69, 9.17) is 4.74 Å². The van der Waals surface area contributed by atoms with Gasteiger partial charge in [0.15, 0.2) is 17.5 Å². The van der Waals surface area contributed by atoms with Gasteiger partial charge in [0, 0.05) is 12.6 Å². The van der Waals surface area contributed by atoms with Gasteiger partial charge in [-0.1, -0.05) is 12.1 Å². The van der Waals surface area contributed by atoms with E-state index in [2.05, 4.69) is 20.3 Å². The molecule has 0 bridgehead atoms. The molecule has 0 aliphatic heterocycles. The number of carbonyl (C=O) groups excluding carboxylic acids is 1. The summed E-state index contributed by atoms with van der Waals surface area (Å²) < 4.78 is 45.1. The first-order chi connectivity index (χ1) is 14.8. The van der Waals surface area contributed by atoms with Gasteiger partial charge in [0.05, 0.1) is 29.0 Å². The zero-order valence-corrected chi connectivity index (χ0v) is 16.2. The first kappa shape index (κ1) is 20.3. The number of carbonyl (C=O) groups is 1. The van der Waals surface area contributed by atoms with Crippen molar-refractivity contribution in [3.8, 4) is 5.82 Å². The van der Waals surface area contributed by atoms with E-state index in [-0.39, 0.29) is 6.61 Å². The van der Waals surface area contributed by atoms with Crippen LogP contribution < -0.4 is 5.32 Å². The minimum absolute atomic E-state index is 0.0533. The Kier molecular flexibility index (Phi) is 5.28. The van der Waals surface area contributed by atoms with Gasteiger partial charge in [-0.2, -0.15) is 13.2 Å². The van der Waals surface area contributed by atoms with Crippen LogP contribution in [0.25, 0.3) is 16.9 Å². The third kappa shape index (κ3) is 4.47. The van der Waals surface area contributed by atoms with Crippen LogP contribution in [-0.2, 0) is 22.3 Å². The lowest BCUT2D eigenvalue weighted by Gasteiger charge is -2.11. The summed E-state index contributed by atoms with van der Waals surface area (Å²) in [6, 6.07) is 11.9. The number of alkyl halides is 3. The monoisotopic (exact) mass is 427 g/mol. The van der Waals surface area contributed by atoms with Crippen molar-refractivity contribution in [3.63, 3.8) is 0 Å². The standard InChI is InChI=1S/C21H16F3N5O2/c1-13(30)31-12-20-27-16-4-2-3-5-17(16)29(20)19-11-25-10-18(28-19)26-15-8-6-14(7-9-15)21(22,23)24/h2-11H,12H2,1H3,(H,26,28). The van der Waals surface area contributed by atoms with Crippen LogP contribution in [0.5, 0.6) is 0 Å². The summed E-state index contributed by atoms with van der Waals surface area (Å²) in [5.41, 5.74) is 1.12. The van der Waals surface area contributed by atoms with Crippen molar-refractivity contribution in [2.45, 2.75) is 19.7 Å². The maximum Gasteiger partial charge on any atom is 0.416 e. The summed E-state index contributed by atoms with van der Waals surface area (Å²) in [5, 5.41) is 2.94. The number of halogens is 3. The Bertz CT molecular complexity index is 1240. The van der Waals surface area contributed by atoms with Gasteiger partial charge in [-0.05, 0) is 36.4 Å². The Balaban J connectivity index is 1.67. The molecular weight excluding hydrogens is 411 g/mol. The fourth-order valence-corrected chi connectivity index (χ4v) is 3.01. The number of imidazole rings is 1. The van der Waals surface area contributed by atoms with E-state index in [1.165, 1.54) is 31.5 Å². The van der Waals surface area contributed by atoms with Gasteiger partial charge in [0.1, 0.15) is 6.61 Å². The van der Waals surface area contributed by atoms with Crippen LogP contribution in [0.3, 0.4) is 0 Å². The van der Waals surface area contributed by atoms with Crippen molar-refractivity contribution in [2.24, 2.45) is 0 Å². The SMILES string of the molecule is CC(=O)OCc1nc2ccccc2n1-c1cncc(Nc2ccc(C(F)(F)F)cc2)n1. The Labute approximate surface area is 174 Å². The van der Waals surface area contributed by atoms with Crippen LogP contribution in [0.15, 0.2) is 60.9 Å².